The Balaban J connectivity index is 2.18. The van der Waals surface area contributed by atoms with E-state index < -0.39 is 0 Å². The Morgan fingerprint density at radius 2 is 1.95 bits per heavy atom. The summed E-state index contributed by atoms with van der Waals surface area (Å²) in [5.41, 5.74) is 1.02. The summed E-state index contributed by atoms with van der Waals surface area (Å²) >= 11 is 12.2. The number of aliphatic hydroxyl groups excluding tert-OH is 1. The smallest absolute Gasteiger partial charge is 0.112 e. The van der Waals surface area contributed by atoms with E-state index in [0.29, 0.717) is 10.0 Å². The Bertz CT molecular complexity index is 474. The van der Waals surface area contributed by atoms with Gasteiger partial charge in [-0.1, -0.05) is 42.6 Å². The molecule has 1 aliphatic carbocycles. The first-order chi connectivity index (χ1) is 10.0. The molecular formula is C17H26Cl2NO+. The molecule has 0 bridgehead atoms. The van der Waals surface area contributed by atoms with Crippen LogP contribution in [0, 0.1) is 0 Å². The first kappa shape index (κ1) is 17.1. The van der Waals surface area contributed by atoms with Crippen LogP contribution >= 0.6 is 23.2 Å². The van der Waals surface area contributed by atoms with E-state index in [2.05, 4.69) is 13.8 Å². The van der Waals surface area contributed by atoms with Crippen LogP contribution < -0.4 is 4.90 Å². The SMILES string of the molecule is CCC[NH+](CC)CC(O)C1(c2ccc(Cl)c(Cl)c2)CCC1. The average Bonchev–Trinajstić information content (AvgIpc) is 2.41. The van der Waals surface area contributed by atoms with E-state index in [9.17, 15) is 5.11 Å². The molecule has 1 aliphatic rings. The fourth-order valence-corrected chi connectivity index (χ4v) is 3.72. The van der Waals surface area contributed by atoms with Crippen LogP contribution in [-0.2, 0) is 5.41 Å². The van der Waals surface area contributed by atoms with Crippen molar-refractivity contribution in [1.82, 2.24) is 0 Å². The molecule has 2 nitrogen and oxygen atoms in total. The standard InChI is InChI=1S/C17H25Cl2NO/c1-3-10-20(4-2)12-16(21)17(8-5-9-17)13-6-7-14(18)15(19)11-13/h6-7,11,16,21H,3-5,8-10,12H2,1-2H3/p+1. The normalized spacial score (nSPS) is 19.9. The predicted molar refractivity (Wildman–Crippen MR) is 89.5 cm³/mol. The third-order valence-corrected chi connectivity index (χ3v) is 5.70. The van der Waals surface area contributed by atoms with Crippen LogP contribution in [0.4, 0.5) is 0 Å². The molecule has 1 aromatic rings. The highest BCUT2D eigenvalue weighted by Gasteiger charge is 2.46. The molecule has 0 heterocycles. The minimum absolute atomic E-state index is 0.123. The predicted octanol–water partition coefficient (Wildman–Crippen LogP) is 3.09. The molecule has 0 aromatic heterocycles. The van der Waals surface area contributed by atoms with Crippen molar-refractivity contribution in [3.63, 3.8) is 0 Å². The fraction of sp³-hybridized carbons (Fsp3) is 0.647. The summed E-state index contributed by atoms with van der Waals surface area (Å²) in [7, 11) is 0. The van der Waals surface area contributed by atoms with E-state index in [0.717, 1.165) is 44.5 Å². The Kier molecular flexibility index (Phi) is 5.96. The number of rotatable bonds is 7. The van der Waals surface area contributed by atoms with Crippen LogP contribution in [0.25, 0.3) is 0 Å². The molecular weight excluding hydrogens is 305 g/mol. The van der Waals surface area contributed by atoms with Crippen molar-refractivity contribution in [2.45, 2.75) is 51.0 Å². The Labute approximate surface area is 138 Å². The second-order valence-corrected chi connectivity index (χ2v) is 7.03. The van der Waals surface area contributed by atoms with E-state index in [4.69, 9.17) is 23.2 Å². The molecule has 0 aliphatic heterocycles. The van der Waals surface area contributed by atoms with Crippen molar-refractivity contribution in [2.75, 3.05) is 19.6 Å². The van der Waals surface area contributed by atoms with Crippen molar-refractivity contribution in [3.8, 4) is 0 Å². The van der Waals surface area contributed by atoms with Crippen LogP contribution in [0.2, 0.25) is 10.0 Å². The van der Waals surface area contributed by atoms with Gasteiger partial charge in [0.2, 0.25) is 0 Å². The van der Waals surface area contributed by atoms with E-state index >= 15 is 0 Å². The molecule has 4 heteroatoms. The molecule has 0 radical (unpaired) electrons. The summed E-state index contributed by atoms with van der Waals surface area (Å²) in [5.74, 6) is 0. The zero-order valence-electron chi connectivity index (χ0n) is 13.0. The van der Waals surface area contributed by atoms with E-state index in [-0.39, 0.29) is 11.5 Å². The first-order valence-electron chi connectivity index (χ1n) is 8.00. The van der Waals surface area contributed by atoms with Gasteiger partial charge in [-0.3, -0.25) is 0 Å². The summed E-state index contributed by atoms with van der Waals surface area (Å²) < 4.78 is 0. The lowest BCUT2D eigenvalue weighted by atomic mass is 9.61. The zero-order valence-corrected chi connectivity index (χ0v) is 14.5. The Morgan fingerprint density at radius 1 is 1.24 bits per heavy atom. The molecule has 2 N–H and O–H groups in total. The second-order valence-electron chi connectivity index (χ2n) is 6.21. The number of likely N-dealkylation sites (N-methyl/N-ethyl adjacent to an activating group) is 1. The van der Waals surface area contributed by atoms with Crippen molar-refractivity contribution in [3.05, 3.63) is 33.8 Å². The molecule has 1 saturated carbocycles. The number of nitrogens with one attached hydrogen (secondary N) is 1. The Hall–Kier alpha value is -0.280. The molecule has 0 amide bonds. The van der Waals surface area contributed by atoms with Gasteiger partial charge in [-0.25, -0.2) is 0 Å². The number of hydrogen-bond donors (Lipinski definition) is 2. The number of benzene rings is 1. The zero-order chi connectivity index (χ0) is 15.5. The molecule has 0 saturated heterocycles. The van der Waals surface area contributed by atoms with Crippen LogP contribution in [-0.4, -0.2) is 30.8 Å². The second kappa shape index (κ2) is 7.32. The van der Waals surface area contributed by atoms with Crippen LogP contribution in [0.5, 0.6) is 0 Å². The van der Waals surface area contributed by atoms with Crippen LogP contribution in [0.3, 0.4) is 0 Å². The van der Waals surface area contributed by atoms with Gasteiger partial charge in [0.1, 0.15) is 12.6 Å². The first-order valence-corrected chi connectivity index (χ1v) is 8.76. The van der Waals surface area contributed by atoms with Gasteiger partial charge in [0.05, 0.1) is 23.1 Å². The highest BCUT2D eigenvalue weighted by molar-refractivity contribution is 6.42. The topological polar surface area (TPSA) is 24.7 Å². The van der Waals surface area contributed by atoms with Crippen LogP contribution in [0.15, 0.2) is 18.2 Å². The number of aliphatic hydroxyl groups is 1. The van der Waals surface area contributed by atoms with Crippen molar-refractivity contribution in [1.29, 1.82) is 0 Å². The lowest BCUT2D eigenvalue weighted by Crippen LogP contribution is -3.13. The third-order valence-electron chi connectivity index (χ3n) is 4.96. The average molecular weight is 331 g/mol. The lowest BCUT2D eigenvalue weighted by molar-refractivity contribution is -0.902. The van der Waals surface area contributed by atoms with Crippen molar-refractivity contribution < 1.29 is 10.0 Å². The molecule has 118 valence electrons. The highest BCUT2D eigenvalue weighted by Crippen LogP contribution is 2.47. The van der Waals surface area contributed by atoms with Gasteiger partial charge in [-0.15, -0.1) is 0 Å². The van der Waals surface area contributed by atoms with Gasteiger partial charge in [0.25, 0.3) is 0 Å². The van der Waals surface area contributed by atoms with Gasteiger partial charge in [0, 0.05) is 5.41 Å². The quantitative estimate of drug-likeness (QED) is 0.788. The van der Waals surface area contributed by atoms with Gasteiger partial charge in [0.15, 0.2) is 0 Å². The minimum Gasteiger partial charge on any atom is -0.386 e. The Morgan fingerprint density at radius 3 is 2.43 bits per heavy atom. The molecule has 2 rings (SSSR count). The van der Waals surface area contributed by atoms with E-state index in [1.807, 2.05) is 18.2 Å². The maximum atomic E-state index is 10.9. The van der Waals surface area contributed by atoms with Crippen molar-refractivity contribution >= 4 is 23.2 Å². The summed E-state index contributed by atoms with van der Waals surface area (Å²) in [5, 5.41) is 12.0. The summed E-state index contributed by atoms with van der Waals surface area (Å²) in [6, 6.07) is 5.82. The number of halogens is 2. The molecule has 1 fully saturated rings. The van der Waals surface area contributed by atoms with E-state index in [1.165, 1.54) is 11.3 Å². The van der Waals surface area contributed by atoms with Gasteiger partial charge in [-0.05, 0) is 43.9 Å². The molecule has 2 atom stereocenters. The largest absolute Gasteiger partial charge is 0.386 e. The maximum Gasteiger partial charge on any atom is 0.112 e. The third kappa shape index (κ3) is 3.56. The van der Waals surface area contributed by atoms with Crippen LogP contribution in [0.1, 0.15) is 45.1 Å². The van der Waals surface area contributed by atoms with Gasteiger partial charge >= 0.3 is 0 Å². The summed E-state index contributed by atoms with van der Waals surface area (Å²) in [4.78, 5) is 1.47. The van der Waals surface area contributed by atoms with E-state index in [1.54, 1.807) is 0 Å². The molecule has 21 heavy (non-hydrogen) atoms. The summed E-state index contributed by atoms with van der Waals surface area (Å²) in [6.45, 7) is 7.36. The lowest BCUT2D eigenvalue weighted by Gasteiger charge is -2.46. The van der Waals surface area contributed by atoms with Gasteiger partial charge in [-0.2, -0.15) is 0 Å². The molecule has 1 aromatic carbocycles. The minimum atomic E-state index is -0.315. The van der Waals surface area contributed by atoms with Crippen molar-refractivity contribution in [2.24, 2.45) is 0 Å². The summed E-state index contributed by atoms with van der Waals surface area (Å²) in [6.07, 6.45) is 4.08. The monoisotopic (exact) mass is 330 g/mol. The maximum absolute atomic E-state index is 10.9. The fourth-order valence-electron chi connectivity index (χ4n) is 3.42. The number of hydrogen-bond acceptors (Lipinski definition) is 1. The number of quaternary nitrogens is 1. The molecule has 2 unspecified atom stereocenters. The highest BCUT2D eigenvalue weighted by atomic mass is 35.5. The molecule has 0 spiro atoms. The van der Waals surface area contributed by atoms with Gasteiger partial charge < -0.3 is 10.0 Å².